The molecule has 1 atom stereocenters. The Morgan fingerprint density at radius 2 is 2.00 bits per heavy atom. The zero-order chi connectivity index (χ0) is 21.5. The zero-order valence-corrected chi connectivity index (χ0v) is 18.3. The molecule has 1 saturated heterocycles. The maximum Gasteiger partial charge on any atom is 0.233 e. The molecule has 0 N–H and O–H groups in total. The van der Waals surface area contributed by atoms with E-state index in [1.165, 1.54) is 10.6 Å². The number of rotatable bonds is 5. The Kier molecular flexibility index (Phi) is 5.50. The number of benzene rings is 1. The number of anilines is 1. The fourth-order valence-electron chi connectivity index (χ4n) is 4.20. The Morgan fingerprint density at radius 3 is 2.73 bits per heavy atom. The summed E-state index contributed by atoms with van der Waals surface area (Å²) in [5.74, 6) is 1.86. The van der Waals surface area contributed by atoms with Gasteiger partial charge in [-0.15, -0.1) is 0 Å². The maximum absolute atomic E-state index is 12.8. The number of aryl methyl sites for hydroxylation is 1. The molecule has 1 amide bonds. The van der Waals surface area contributed by atoms with Gasteiger partial charge in [-0.2, -0.15) is 0 Å². The van der Waals surface area contributed by atoms with Crippen LogP contribution in [0.15, 0.2) is 24.3 Å². The Bertz CT molecular complexity index is 1090. The molecular formula is C21H26N4O4S. The summed E-state index contributed by atoms with van der Waals surface area (Å²) < 4.78 is 30.9. The first-order valence-electron chi connectivity index (χ1n) is 10.0. The van der Waals surface area contributed by atoms with E-state index >= 15 is 0 Å². The number of aromatic nitrogens is 2. The van der Waals surface area contributed by atoms with Crippen LogP contribution in [0.4, 0.5) is 5.82 Å². The molecule has 30 heavy (non-hydrogen) atoms. The molecule has 160 valence electrons. The molecule has 1 fully saturated rings. The van der Waals surface area contributed by atoms with Gasteiger partial charge in [0.2, 0.25) is 15.9 Å². The number of piperidine rings is 1. The van der Waals surface area contributed by atoms with Crippen molar-refractivity contribution in [3.63, 3.8) is 0 Å². The van der Waals surface area contributed by atoms with Crippen LogP contribution in [0, 0.1) is 6.92 Å². The summed E-state index contributed by atoms with van der Waals surface area (Å²) in [6.07, 6.45) is 3.10. The van der Waals surface area contributed by atoms with Gasteiger partial charge >= 0.3 is 0 Å². The number of carbonyl (C=O) groups is 1. The van der Waals surface area contributed by atoms with Gasteiger partial charge in [-0.3, -0.25) is 9.69 Å². The van der Waals surface area contributed by atoms with Crippen molar-refractivity contribution in [2.45, 2.75) is 38.6 Å². The van der Waals surface area contributed by atoms with Crippen LogP contribution < -0.4 is 9.64 Å². The van der Waals surface area contributed by atoms with Gasteiger partial charge in [0.15, 0.2) is 0 Å². The lowest BCUT2D eigenvalue weighted by atomic mass is 9.98. The van der Waals surface area contributed by atoms with Crippen molar-refractivity contribution in [1.82, 2.24) is 14.3 Å². The summed E-state index contributed by atoms with van der Waals surface area (Å²) in [4.78, 5) is 23.9. The number of carbonyl (C=O) groups excluding carboxylic acids is 1. The van der Waals surface area contributed by atoms with Gasteiger partial charge in [0.25, 0.3) is 0 Å². The lowest BCUT2D eigenvalue weighted by Gasteiger charge is -2.30. The molecule has 8 nitrogen and oxygen atoms in total. The highest BCUT2D eigenvalue weighted by molar-refractivity contribution is 7.88. The van der Waals surface area contributed by atoms with Crippen molar-refractivity contribution in [3.8, 4) is 5.75 Å². The topological polar surface area (TPSA) is 92.7 Å². The molecule has 0 spiro atoms. The van der Waals surface area contributed by atoms with Gasteiger partial charge in [-0.1, -0.05) is 18.2 Å². The average molecular weight is 431 g/mol. The summed E-state index contributed by atoms with van der Waals surface area (Å²) in [6, 6.07) is 7.61. The first-order valence-corrected chi connectivity index (χ1v) is 11.9. The second kappa shape index (κ2) is 7.96. The third kappa shape index (κ3) is 3.91. The second-order valence-corrected chi connectivity index (χ2v) is 9.88. The van der Waals surface area contributed by atoms with E-state index in [1.807, 2.05) is 31.2 Å². The van der Waals surface area contributed by atoms with Crippen molar-refractivity contribution in [2.24, 2.45) is 0 Å². The van der Waals surface area contributed by atoms with Crippen LogP contribution in [0.5, 0.6) is 5.75 Å². The van der Waals surface area contributed by atoms with Crippen molar-refractivity contribution in [1.29, 1.82) is 0 Å². The molecule has 2 aliphatic rings. The van der Waals surface area contributed by atoms with Crippen LogP contribution >= 0.6 is 0 Å². The van der Waals surface area contributed by atoms with Crippen LogP contribution in [0.1, 0.15) is 41.4 Å². The number of ether oxygens (including phenoxy) is 1. The number of nitrogens with zero attached hydrogens (tertiary/aromatic N) is 4. The van der Waals surface area contributed by atoms with Crippen molar-refractivity contribution < 1.29 is 17.9 Å². The third-order valence-corrected chi connectivity index (χ3v) is 7.10. The monoisotopic (exact) mass is 430 g/mol. The molecule has 2 aliphatic heterocycles. The summed E-state index contributed by atoms with van der Waals surface area (Å²) in [5.41, 5.74) is 2.52. The summed E-state index contributed by atoms with van der Waals surface area (Å²) >= 11 is 0. The fourth-order valence-corrected chi connectivity index (χ4v) is 5.11. The van der Waals surface area contributed by atoms with Crippen LogP contribution in [0.2, 0.25) is 0 Å². The molecule has 2 aromatic rings. The number of para-hydroxylation sites is 1. The second-order valence-electron chi connectivity index (χ2n) is 7.90. The van der Waals surface area contributed by atoms with Gasteiger partial charge in [0.05, 0.1) is 26.3 Å². The maximum atomic E-state index is 12.8. The minimum Gasteiger partial charge on any atom is -0.496 e. The van der Waals surface area contributed by atoms with E-state index in [9.17, 15) is 13.2 Å². The van der Waals surface area contributed by atoms with Crippen LogP contribution in [0.25, 0.3) is 0 Å². The van der Waals surface area contributed by atoms with E-state index in [2.05, 4.69) is 4.98 Å². The molecule has 1 aromatic carbocycles. The van der Waals surface area contributed by atoms with Gasteiger partial charge < -0.3 is 4.74 Å². The molecule has 0 aliphatic carbocycles. The molecule has 0 saturated carbocycles. The highest BCUT2D eigenvalue weighted by atomic mass is 32.2. The third-order valence-electron chi connectivity index (χ3n) is 5.83. The summed E-state index contributed by atoms with van der Waals surface area (Å²) in [5, 5.41) is 0. The quantitative estimate of drug-likeness (QED) is 0.721. The first kappa shape index (κ1) is 20.7. The minimum absolute atomic E-state index is 0.0214. The zero-order valence-electron chi connectivity index (χ0n) is 17.5. The Labute approximate surface area is 176 Å². The van der Waals surface area contributed by atoms with Crippen LogP contribution in [-0.4, -0.2) is 55.1 Å². The van der Waals surface area contributed by atoms with Crippen molar-refractivity contribution in [3.05, 3.63) is 46.9 Å². The number of amides is 1. The predicted octanol–water partition coefficient (Wildman–Crippen LogP) is 2.02. The highest BCUT2D eigenvalue weighted by Crippen LogP contribution is 2.34. The SMILES string of the molecule is COc1ccccc1CN1C(=O)Cc2c(C)nc(C3CCCN(S(C)(=O)=O)C3)nc21. The predicted molar refractivity (Wildman–Crippen MR) is 113 cm³/mol. The molecule has 1 unspecified atom stereocenters. The minimum atomic E-state index is -3.26. The smallest absolute Gasteiger partial charge is 0.233 e. The summed E-state index contributed by atoms with van der Waals surface area (Å²) in [6.45, 7) is 3.15. The highest BCUT2D eigenvalue weighted by Gasteiger charge is 2.34. The molecular weight excluding hydrogens is 404 g/mol. The average Bonchev–Trinajstić information content (AvgIpc) is 3.04. The van der Waals surface area contributed by atoms with Gasteiger partial charge in [0, 0.05) is 35.8 Å². The van der Waals surface area contributed by atoms with E-state index in [4.69, 9.17) is 9.72 Å². The van der Waals surface area contributed by atoms with Crippen molar-refractivity contribution >= 4 is 21.7 Å². The first-order chi connectivity index (χ1) is 14.3. The Morgan fingerprint density at radius 1 is 1.23 bits per heavy atom. The molecule has 3 heterocycles. The number of fused-ring (bicyclic) bond motifs is 1. The molecule has 1 aromatic heterocycles. The Hall–Kier alpha value is -2.52. The molecule has 4 rings (SSSR count). The molecule has 0 bridgehead atoms. The number of sulfonamides is 1. The largest absolute Gasteiger partial charge is 0.496 e. The fraction of sp³-hybridized carbons (Fsp3) is 0.476. The van der Waals surface area contributed by atoms with Crippen LogP contribution in [0.3, 0.4) is 0 Å². The number of hydrogen-bond acceptors (Lipinski definition) is 6. The van der Waals surface area contributed by atoms with E-state index in [-0.39, 0.29) is 18.2 Å². The van der Waals surface area contributed by atoms with Gasteiger partial charge in [-0.05, 0) is 25.8 Å². The standard InChI is InChI=1S/C21H26N4O4S/c1-14-17-11-19(26)25(13-15-7-4-5-9-18(15)29-2)21(17)23-20(22-14)16-8-6-10-24(12-16)30(3,27)28/h4-5,7,9,16H,6,8,10-13H2,1-3H3. The van der Waals surface area contributed by atoms with Crippen LogP contribution in [-0.2, 0) is 27.8 Å². The number of methoxy groups -OCH3 is 1. The molecule has 9 heteroatoms. The lowest BCUT2D eigenvalue weighted by Crippen LogP contribution is -2.39. The van der Waals surface area contributed by atoms with E-state index in [0.717, 1.165) is 35.4 Å². The Balaban J connectivity index is 1.67. The van der Waals surface area contributed by atoms with E-state index in [0.29, 0.717) is 31.3 Å². The number of hydrogen-bond donors (Lipinski definition) is 0. The normalized spacial score (nSPS) is 19.8. The van der Waals surface area contributed by atoms with E-state index in [1.54, 1.807) is 12.0 Å². The van der Waals surface area contributed by atoms with Gasteiger partial charge in [-0.25, -0.2) is 22.7 Å². The van der Waals surface area contributed by atoms with E-state index < -0.39 is 10.0 Å². The van der Waals surface area contributed by atoms with Crippen molar-refractivity contribution in [2.75, 3.05) is 31.4 Å². The lowest BCUT2D eigenvalue weighted by molar-refractivity contribution is -0.117. The molecule has 0 radical (unpaired) electrons. The summed E-state index contributed by atoms with van der Waals surface area (Å²) in [7, 11) is -1.65. The van der Waals surface area contributed by atoms with Gasteiger partial charge in [0.1, 0.15) is 17.4 Å².